The monoisotopic (exact) mass is 478 g/mol. The summed E-state index contributed by atoms with van der Waals surface area (Å²) in [7, 11) is -4.39. The molecule has 1 amide bonds. The Labute approximate surface area is 194 Å². The van der Waals surface area contributed by atoms with Crippen LogP contribution in [0.1, 0.15) is 33.4 Å². The zero-order valence-corrected chi connectivity index (χ0v) is 18.9. The number of Topliss-reactive ketones (excluding diaryl/α,β-unsaturated/α-hetero) is 1. The number of furan rings is 1. The molecule has 10 heteroatoms. The van der Waals surface area contributed by atoms with Gasteiger partial charge in [0.2, 0.25) is 0 Å². The minimum atomic E-state index is -4.39. The normalized spacial score (nSPS) is 11.4. The molecule has 3 aromatic carbocycles. The van der Waals surface area contributed by atoms with Gasteiger partial charge in [-0.05, 0) is 56.3 Å². The predicted molar refractivity (Wildman–Crippen MR) is 124 cm³/mol. The number of anilines is 1. The van der Waals surface area contributed by atoms with Crippen LogP contribution in [0.4, 0.5) is 11.4 Å². The lowest BCUT2D eigenvalue weighted by Gasteiger charge is -2.23. The number of sulfonamides is 1. The van der Waals surface area contributed by atoms with Crippen molar-refractivity contribution in [3.8, 4) is 0 Å². The van der Waals surface area contributed by atoms with Gasteiger partial charge in [-0.2, -0.15) is 4.31 Å². The average molecular weight is 478 g/mol. The van der Waals surface area contributed by atoms with E-state index in [2.05, 4.69) is 0 Å². The Morgan fingerprint density at radius 1 is 0.971 bits per heavy atom. The molecule has 1 aromatic heterocycles. The number of benzene rings is 3. The summed E-state index contributed by atoms with van der Waals surface area (Å²) in [6.45, 7) is 2.99. The number of rotatable bonds is 6. The van der Waals surface area contributed by atoms with Crippen LogP contribution in [0.15, 0.2) is 82.1 Å². The summed E-state index contributed by atoms with van der Waals surface area (Å²) < 4.78 is 33.4. The van der Waals surface area contributed by atoms with E-state index in [9.17, 15) is 28.1 Å². The van der Waals surface area contributed by atoms with Crippen LogP contribution >= 0.6 is 0 Å². The molecule has 0 saturated heterocycles. The zero-order chi connectivity index (χ0) is 24.6. The molecule has 4 aromatic rings. The Hall–Kier alpha value is -4.31. The fourth-order valence-electron chi connectivity index (χ4n) is 3.68. The number of fused-ring (bicyclic) bond motifs is 1. The van der Waals surface area contributed by atoms with E-state index in [1.165, 1.54) is 61.5 Å². The first kappa shape index (κ1) is 22.9. The van der Waals surface area contributed by atoms with Gasteiger partial charge in [0.1, 0.15) is 11.3 Å². The third-order valence-electron chi connectivity index (χ3n) is 5.23. The van der Waals surface area contributed by atoms with E-state index in [-0.39, 0.29) is 33.2 Å². The van der Waals surface area contributed by atoms with Gasteiger partial charge in [-0.25, -0.2) is 8.42 Å². The minimum absolute atomic E-state index is 0.0111. The molecule has 4 rings (SSSR count). The number of hydrogen-bond acceptors (Lipinski definition) is 7. The Balaban J connectivity index is 1.93. The van der Waals surface area contributed by atoms with Crippen LogP contribution in [0.5, 0.6) is 0 Å². The largest absolute Gasteiger partial charge is 0.461 e. The van der Waals surface area contributed by atoms with E-state index in [1.54, 1.807) is 13.0 Å². The maximum Gasteiger partial charge on any atom is 0.272 e. The molecule has 0 fully saturated rings. The van der Waals surface area contributed by atoms with Crippen molar-refractivity contribution in [2.24, 2.45) is 0 Å². The van der Waals surface area contributed by atoms with Crippen LogP contribution in [0.2, 0.25) is 0 Å². The van der Waals surface area contributed by atoms with Crippen molar-refractivity contribution in [2.45, 2.75) is 18.7 Å². The van der Waals surface area contributed by atoms with Crippen molar-refractivity contribution in [3.05, 3.63) is 99.8 Å². The standard InChI is InChI=1S/C24H18N2O7S/c1-15(27)23-16(2)33-22-13-12-19(14-21(22)23)25(34(31,32)20-6-4-3-5-7-20)24(28)17-8-10-18(11-9-17)26(29)30/h3-14H,1-2H3. The molecular weight excluding hydrogens is 460 g/mol. The minimum Gasteiger partial charge on any atom is -0.461 e. The molecule has 34 heavy (non-hydrogen) atoms. The van der Waals surface area contributed by atoms with Gasteiger partial charge in [0.25, 0.3) is 21.6 Å². The number of aryl methyl sites for hydroxylation is 1. The maximum absolute atomic E-state index is 13.6. The topological polar surface area (TPSA) is 128 Å². The highest BCUT2D eigenvalue weighted by Gasteiger charge is 2.33. The van der Waals surface area contributed by atoms with Crippen LogP contribution in [-0.4, -0.2) is 25.0 Å². The molecule has 0 bridgehead atoms. The summed E-state index contributed by atoms with van der Waals surface area (Å²) in [5.74, 6) is -0.811. The fourth-order valence-corrected chi connectivity index (χ4v) is 5.10. The number of amides is 1. The lowest BCUT2D eigenvalue weighted by molar-refractivity contribution is -0.384. The first-order chi connectivity index (χ1) is 16.1. The number of nitro benzene ring substituents is 1. The highest BCUT2D eigenvalue weighted by Crippen LogP contribution is 2.33. The van der Waals surface area contributed by atoms with Gasteiger partial charge in [0.05, 0.1) is 21.1 Å². The second-order valence-corrected chi connectivity index (χ2v) is 9.25. The Morgan fingerprint density at radius 3 is 2.21 bits per heavy atom. The predicted octanol–water partition coefficient (Wildman–Crippen LogP) is 4.89. The number of carbonyl (C=O) groups excluding carboxylic acids is 2. The molecule has 1 heterocycles. The van der Waals surface area contributed by atoms with Crippen molar-refractivity contribution >= 4 is 44.1 Å². The van der Waals surface area contributed by atoms with Crippen molar-refractivity contribution < 1.29 is 27.3 Å². The summed E-state index contributed by atoms with van der Waals surface area (Å²) in [5.41, 5.74) is 0.335. The molecule has 0 aliphatic heterocycles. The molecule has 0 saturated carbocycles. The quantitative estimate of drug-likeness (QED) is 0.219. The molecule has 9 nitrogen and oxygen atoms in total. The van der Waals surface area contributed by atoms with Gasteiger partial charge in [0.15, 0.2) is 5.78 Å². The molecule has 0 aliphatic rings. The first-order valence-corrected chi connectivity index (χ1v) is 11.5. The summed E-state index contributed by atoms with van der Waals surface area (Å²) in [5, 5.41) is 11.3. The van der Waals surface area contributed by atoms with Crippen LogP contribution in [0.3, 0.4) is 0 Å². The number of carbonyl (C=O) groups is 2. The highest BCUT2D eigenvalue weighted by atomic mass is 32.2. The van der Waals surface area contributed by atoms with Crippen molar-refractivity contribution in [1.29, 1.82) is 0 Å². The van der Waals surface area contributed by atoms with Gasteiger partial charge in [-0.15, -0.1) is 0 Å². The van der Waals surface area contributed by atoms with Crippen molar-refractivity contribution in [3.63, 3.8) is 0 Å². The second kappa shape index (κ2) is 8.56. The Bertz CT molecular complexity index is 1540. The van der Waals surface area contributed by atoms with E-state index in [4.69, 9.17) is 4.42 Å². The Kier molecular flexibility index (Phi) is 5.76. The summed E-state index contributed by atoms with van der Waals surface area (Å²) in [6.07, 6.45) is 0. The van der Waals surface area contributed by atoms with E-state index in [1.807, 2.05) is 0 Å². The number of hydrogen-bond donors (Lipinski definition) is 0. The molecule has 0 aliphatic carbocycles. The molecule has 0 atom stereocenters. The molecule has 0 unspecified atom stereocenters. The van der Waals surface area contributed by atoms with Gasteiger partial charge in [0, 0.05) is 23.1 Å². The van der Waals surface area contributed by atoms with Crippen LogP contribution < -0.4 is 4.31 Å². The number of nitrogens with zero attached hydrogens (tertiary/aromatic N) is 2. The molecule has 172 valence electrons. The SMILES string of the molecule is CC(=O)c1c(C)oc2ccc(N(C(=O)c3ccc([N+](=O)[O-])cc3)S(=O)(=O)c3ccccc3)cc12. The van der Waals surface area contributed by atoms with Gasteiger partial charge < -0.3 is 4.42 Å². The van der Waals surface area contributed by atoms with Gasteiger partial charge in [-0.1, -0.05) is 18.2 Å². The van der Waals surface area contributed by atoms with E-state index in [0.29, 0.717) is 21.0 Å². The molecule has 0 spiro atoms. The third-order valence-corrected chi connectivity index (χ3v) is 6.95. The number of nitro groups is 1. The fraction of sp³-hybridized carbons (Fsp3) is 0.0833. The lowest BCUT2D eigenvalue weighted by Crippen LogP contribution is -2.37. The van der Waals surface area contributed by atoms with E-state index < -0.39 is 20.9 Å². The molecule has 0 radical (unpaired) electrons. The summed E-state index contributed by atoms with van der Waals surface area (Å²) in [4.78, 5) is 35.9. The van der Waals surface area contributed by atoms with Crippen LogP contribution in [-0.2, 0) is 10.0 Å². The molecular formula is C24H18N2O7S. The first-order valence-electron chi connectivity index (χ1n) is 10.0. The number of ketones is 1. The van der Waals surface area contributed by atoms with E-state index >= 15 is 0 Å². The van der Waals surface area contributed by atoms with Crippen molar-refractivity contribution in [2.75, 3.05) is 4.31 Å². The zero-order valence-electron chi connectivity index (χ0n) is 18.1. The van der Waals surface area contributed by atoms with Crippen molar-refractivity contribution in [1.82, 2.24) is 0 Å². The summed E-state index contributed by atoms with van der Waals surface area (Å²) in [6, 6.07) is 16.3. The lowest BCUT2D eigenvalue weighted by atomic mass is 10.1. The molecule has 0 N–H and O–H groups in total. The van der Waals surface area contributed by atoms with Gasteiger partial charge in [-0.3, -0.25) is 19.7 Å². The van der Waals surface area contributed by atoms with Crippen LogP contribution in [0, 0.1) is 17.0 Å². The average Bonchev–Trinajstić information content (AvgIpc) is 3.15. The highest BCUT2D eigenvalue weighted by molar-refractivity contribution is 7.93. The smallest absolute Gasteiger partial charge is 0.272 e. The second-order valence-electron chi connectivity index (χ2n) is 7.46. The number of non-ortho nitro benzene ring substituents is 1. The third kappa shape index (κ3) is 3.95. The van der Waals surface area contributed by atoms with Crippen LogP contribution in [0.25, 0.3) is 11.0 Å². The van der Waals surface area contributed by atoms with Gasteiger partial charge >= 0.3 is 0 Å². The van der Waals surface area contributed by atoms with E-state index in [0.717, 1.165) is 12.1 Å². The maximum atomic E-state index is 13.6. The summed E-state index contributed by atoms with van der Waals surface area (Å²) >= 11 is 0. The Morgan fingerprint density at radius 2 is 1.62 bits per heavy atom.